The maximum Gasteiger partial charge on any atom is 0.264 e. The van der Waals surface area contributed by atoms with Crippen LogP contribution in [0.25, 0.3) is 0 Å². The van der Waals surface area contributed by atoms with Crippen LogP contribution in [-0.2, 0) is 32.6 Å². The first-order valence-electron chi connectivity index (χ1n) is 15.0. The molecule has 0 bridgehead atoms. The fraction of sp³-hybridized carbons (Fsp3) is 0.278. The summed E-state index contributed by atoms with van der Waals surface area (Å²) in [5, 5.41) is 3.00. The van der Waals surface area contributed by atoms with Crippen molar-refractivity contribution in [1.29, 1.82) is 0 Å². The second-order valence-electron chi connectivity index (χ2n) is 11.4. The van der Waals surface area contributed by atoms with Crippen molar-refractivity contribution in [2.45, 2.75) is 44.7 Å². The van der Waals surface area contributed by atoms with Crippen LogP contribution in [0.15, 0.2) is 114 Å². The maximum atomic E-state index is 14.5. The fourth-order valence-corrected chi connectivity index (χ4v) is 6.34. The molecule has 0 aliphatic rings. The highest BCUT2D eigenvalue weighted by atomic mass is 32.2. The first-order valence-corrected chi connectivity index (χ1v) is 16.4. The molecule has 45 heavy (non-hydrogen) atoms. The molecule has 1 atom stereocenters. The topological polar surface area (TPSA) is 96.0 Å². The monoisotopic (exact) mass is 627 g/mol. The summed E-state index contributed by atoms with van der Waals surface area (Å²) in [4.78, 5) is 29.9. The highest BCUT2D eigenvalue weighted by Crippen LogP contribution is 2.26. The lowest BCUT2D eigenvalue weighted by Crippen LogP contribution is -2.53. The van der Waals surface area contributed by atoms with E-state index in [1.54, 1.807) is 55.6 Å². The van der Waals surface area contributed by atoms with Crippen molar-refractivity contribution in [1.82, 2.24) is 10.2 Å². The van der Waals surface area contributed by atoms with Gasteiger partial charge in [-0.05, 0) is 60.4 Å². The number of nitrogens with zero attached hydrogens (tertiary/aromatic N) is 2. The number of ether oxygens (including phenoxy) is 1. The van der Waals surface area contributed by atoms with Crippen LogP contribution >= 0.6 is 0 Å². The van der Waals surface area contributed by atoms with Gasteiger partial charge in [0.05, 0.1) is 17.7 Å². The average Bonchev–Trinajstić information content (AvgIpc) is 3.05. The number of amides is 2. The molecule has 8 nitrogen and oxygen atoms in total. The van der Waals surface area contributed by atoms with Crippen molar-refractivity contribution in [2.75, 3.05) is 24.5 Å². The third kappa shape index (κ3) is 8.95. The summed E-state index contributed by atoms with van der Waals surface area (Å²) in [6, 6.07) is 30.9. The van der Waals surface area contributed by atoms with Crippen molar-refractivity contribution < 1.29 is 22.7 Å². The molecule has 0 aliphatic carbocycles. The largest absolute Gasteiger partial charge is 0.497 e. The van der Waals surface area contributed by atoms with Gasteiger partial charge >= 0.3 is 0 Å². The molecular weight excluding hydrogens is 586 g/mol. The van der Waals surface area contributed by atoms with Crippen LogP contribution in [0.1, 0.15) is 30.5 Å². The minimum atomic E-state index is -4.14. The Kier molecular flexibility index (Phi) is 11.4. The second kappa shape index (κ2) is 15.4. The van der Waals surface area contributed by atoms with E-state index in [2.05, 4.69) is 5.32 Å². The number of sulfonamides is 1. The van der Waals surface area contributed by atoms with Gasteiger partial charge in [0, 0.05) is 19.5 Å². The van der Waals surface area contributed by atoms with Crippen molar-refractivity contribution in [2.24, 2.45) is 5.92 Å². The quantitative estimate of drug-likeness (QED) is 0.196. The summed E-state index contributed by atoms with van der Waals surface area (Å²) in [7, 11) is -2.58. The Morgan fingerprint density at radius 1 is 0.822 bits per heavy atom. The number of anilines is 1. The predicted octanol–water partition coefficient (Wildman–Crippen LogP) is 5.61. The van der Waals surface area contributed by atoms with E-state index in [0.29, 0.717) is 18.0 Å². The van der Waals surface area contributed by atoms with Gasteiger partial charge in [-0.15, -0.1) is 0 Å². The number of rotatable bonds is 14. The summed E-state index contributed by atoms with van der Waals surface area (Å²) in [5.74, 6) is -0.0197. The minimum Gasteiger partial charge on any atom is -0.497 e. The number of benzene rings is 4. The van der Waals surface area contributed by atoms with E-state index in [1.165, 1.54) is 17.0 Å². The van der Waals surface area contributed by atoms with E-state index >= 15 is 0 Å². The number of nitrogens with one attached hydrogen (secondary N) is 1. The molecule has 0 radical (unpaired) electrons. The normalized spacial score (nSPS) is 11.9. The summed E-state index contributed by atoms with van der Waals surface area (Å²) in [6.45, 7) is 5.90. The zero-order valence-electron chi connectivity index (χ0n) is 26.2. The van der Waals surface area contributed by atoms with Gasteiger partial charge < -0.3 is 15.0 Å². The molecule has 4 rings (SSSR count). The zero-order valence-corrected chi connectivity index (χ0v) is 27.0. The molecule has 236 valence electrons. The first kappa shape index (κ1) is 33.3. The van der Waals surface area contributed by atoms with Gasteiger partial charge in [0.2, 0.25) is 11.8 Å². The third-order valence-electron chi connectivity index (χ3n) is 7.37. The molecule has 0 unspecified atom stereocenters. The van der Waals surface area contributed by atoms with Crippen molar-refractivity contribution in [3.8, 4) is 5.75 Å². The van der Waals surface area contributed by atoms with E-state index in [1.807, 2.05) is 69.3 Å². The number of carbonyl (C=O) groups excluding carboxylic acids is 2. The summed E-state index contributed by atoms with van der Waals surface area (Å²) in [5.41, 5.74) is 2.91. The highest BCUT2D eigenvalue weighted by Gasteiger charge is 2.34. The van der Waals surface area contributed by atoms with Crippen LogP contribution in [-0.4, -0.2) is 51.4 Å². The number of hydrogen-bond donors (Lipinski definition) is 1. The summed E-state index contributed by atoms with van der Waals surface area (Å²) < 4.78 is 34.6. The molecular formula is C36H41N3O5S. The molecule has 1 N–H and O–H groups in total. The van der Waals surface area contributed by atoms with E-state index in [9.17, 15) is 18.0 Å². The third-order valence-corrected chi connectivity index (χ3v) is 9.16. The van der Waals surface area contributed by atoms with Gasteiger partial charge in [-0.2, -0.15) is 0 Å². The van der Waals surface area contributed by atoms with E-state index in [0.717, 1.165) is 21.0 Å². The molecule has 0 aromatic heterocycles. The second-order valence-corrected chi connectivity index (χ2v) is 13.2. The van der Waals surface area contributed by atoms with Gasteiger partial charge in [0.25, 0.3) is 10.0 Å². The Morgan fingerprint density at radius 3 is 2.07 bits per heavy atom. The molecule has 0 heterocycles. The van der Waals surface area contributed by atoms with Crippen LogP contribution in [0.3, 0.4) is 0 Å². The van der Waals surface area contributed by atoms with Gasteiger partial charge in [-0.1, -0.05) is 92.2 Å². The Balaban J connectivity index is 1.80. The average molecular weight is 628 g/mol. The van der Waals surface area contributed by atoms with Gasteiger partial charge in [-0.25, -0.2) is 8.42 Å². The number of methoxy groups -OCH3 is 1. The predicted molar refractivity (Wildman–Crippen MR) is 177 cm³/mol. The van der Waals surface area contributed by atoms with Crippen molar-refractivity contribution in [3.63, 3.8) is 0 Å². The minimum absolute atomic E-state index is 0.0632. The van der Waals surface area contributed by atoms with Crippen LogP contribution in [0, 0.1) is 12.8 Å². The molecule has 0 fully saturated rings. The molecule has 2 amide bonds. The Labute approximate surface area is 266 Å². The Hall–Kier alpha value is -4.63. The Bertz CT molecular complexity index is 1660. The first-order chi connectivity index (χ1) is 21.6. The number of hydrogen-bond acceptors (Lipinski definition) is 5. The maximum absolute atomic E-state index is 14.5. The summed E-state index contributed by atoms with van der Waals surface area (Å²) in [6.07, 6.45) is 0.246. The molecule has 0 saturated carbocycles. The van der Waals surface area contributed by atoms with Gasteiger partial charge in [0.15, 0.2) is 0 Å². The molecule has 9 heteroatoms. The molecule has 0 saturated heterocycles. The molecule has 0 aliphatic heterocycles. The molecule has 4 aromatic carbocycles. The van der Waals surface area contributed by atoms with Gasteiger partial charge in [-0.3, -0.25) is 13.9 Å². The van der Waals surface area contributed by atoms with E-state index in [4.69, 9.17) is 4.74 Å². The molecule has 0 spiro atoms. The number of aryl methyl sites for hydroxylation is 1. The zero-order chi connectivity index (χ0) is 32.4. The lowest BCUT2D eigenvalue weighted by Gasteiger charge is -2.34. The lowest BCUT2D eigenvalue weighted by molar-refractivity contribution is -0.140. The lowest BCUT2D eigenvalue weighted by atomic mass is 10.0. The van der Waals surface area contributed by atoms with E-state index in [-0.39, 0.29) is 29.7 Å². The van der Waals surface area contributed by atoms with Crippen LogP contribution in [0.5, 0.6) is 5.75 Å². The summed E-state index contributed by atoms with van der Waals surface area (Å²) >= 11 is 0. The molecule has 4 aromatic rings. The highest BCUT2D eigenvalue weighted by molar-refractivity contribution is 7.92. The SMILES string of the molecule is COc1cccc(CN(C(=O)CN(c2ccc(C)cc2)S(=O)(=O)c2ccccc2)[C@H](Cc2ccccc2)C(=O)NCC(C)C)c1. The fourth-order valence-electron chi connectivity index (χ4n) is 4.90. The number of carbonyl (C=O) groups is 2. The Morgan fingerprint density at radius 2 is 1.44 bits per heavy atom. The van der Waals surface area contributed by atoms with Crippen molar-refractivity contribution in [3.05, 3.63) is 126 Å². The van der Waals surface area contributed by atoms with Crippen LogP contribution in [0.2, 0.25) is 0 Å². The van der Waals surface area contributed by atoms with E-state index < -0.39 is 28.5 Å². The smallest absolute Gasteiger partial charge is 0.264 e. The standard InChI is InChI=1S/C36H41N3O5S/c1-27(2)24-37-36(41)34(23-29-12-7-5-8-13-29)38(25-30-14-11-15-32(22-30)44-4)35(40)26-39(31-20-18-28(3)19-21-31)45(42,43)33-16-9-6-10-17-33/h5-22,27,34H,23-26H2,1-4H3,(H,37,41)/t34-/m1/s1. The van der Waals surface area contributed by atoms with Gasteiger partial charge in [0.1, 0.15) is 18.3 Å². The van der Waals surface area contributed by atoms with Crippen LogP contribution in [0.4, 0.5) is 5.69 Å². The van der Waals surface area contributed by atoms with Crippen molar-refractivity contribution >= 4 is 27.5 Å². The van der Waals surface area contributed by atoms with Crippen LogP contribution < -0.4 is 14.4 Å².